The highest BCUT2D eigenvalue weighted by Gasteiger charge is 2.20. The number of hydrogen-bond donors (Lipinski definition) is 2. The summed E-state index contributed by atoms with van der Waals surface area (Å²) in [7, 11) is 0. The van der Waals surface area contributed by atoms with Gasteiger partial charge in [-0.1, -0.05) is 13.8 Å². The molecule has 1 saturated carbocycles. The van der Waals surface area contributed by atoms with Crippen molar-refractivity contribution in [1.29, 1.82) is 0 Å². The van der Waals surface area contributed by atoms with Crippen molar-refractivity contribution in [3.63, 3.8) is 0 Å². The molecule has 0 radical (unpaired) electrons. The predicted octanol–water partition coefficient (Wildman–Crippen LogP) is 2.62. The molecule has 4 nitrogen and oxygen atoms in total. The molecule has 18 heavy (non-hydrogen) atoms. The second-order valence-corrected chi connectivity index (χ2v) is 5.56. The van der Waals surface area contributed by atoms with Crippen LogP contribution in [0.2, 0.25) is 0 Å². The smallest absolute Gasteiger partial charge is 0.223 e. The number of aromatic nitrogens is 2. The minimum atomic E-state index is -0.118. The summed E-state index contributed by atoms with van der Waals surface area (Å²) in [4.78, 5) is 9.01. The van der Waals surface area contributed by atoms with Gasteiger partial charge < -0.3 is 10.4 Å². The molecule has 0 atom stereocenters. The van der Waals surface area contributed by atoms with Crippen molar-refractivity contribution in [2.75, 3.05) is 5.32 Å². The van der Waals surface area contributed by atoms with Gasteiger partial charge in [-0.15, -0.1) is 0 Å². The third kappa shape index (κ3) is 3.42. The van der Waals surface area contributed by atoms with Gasteiger partial charge in [-0.2, -0.15) is 0 Å². The van der Waals surface area contributed by atoms with Gasteiger partial charge in [0.1, 0.15) is 0 Å². The Morgan fingerprint density at radius 2 is 1.89 bits per heavy atom. The summed E-state index contributed by atoms with van der Waals surface area (Å²) in [5.41, 5.74) is 2.09. The topological polar surface area (TPSA) is 58.0 Å². The summed E-state index contributed by atoms with van der Waals surface area (Å²) < 4.78 is 0. The van der Waals surface area contributed by atoms with E-state index in [2.05, 4.69) is 29.1 Å². The lowest BCUT2D eigenvalue weighted by molar-refractivity contribution is 0.126. The second-order valence-electron chi connectivity index (χ2n) is 5.56. The number of rotatable bonds is 3. The van der Waals surface area contributed by atoms with Gasteiger partial charge in [0.05, 0.1) is 6.10 Å². The first-order valence-corrected chi connectivity index (χ1v) is 6.85. The molecule has 0 unspecified atom stereocenters. The first kappa shape index (κ1) is 13.3. The first-order valence-electron chi connectivity index (χ1n) is 6.85. The molecule has 0 bridgehead atoms. The molecule has 2 N–H and O–H groups in total. The van der Waals surface area contributed by atoms with Crippen molar-refractivity contribution >= 4 is 5.95 Å². The van der Waals surface area contributed by atoms with Crippen molar-refractivity contribution < 1.29 is 5.11 Å². The van der Waals surface area contributed by atoms with Gasteiger partial charge in [-0.3, -0.25) is 0 Å². The molecule has 100 valence electrons. The van der Waals surface area contributed by atoms with E-state index < -0.39 is 0 Å². The quantitative estimate of drug-likeness (QED) is 0.864. The number of aryl methyl sites for hydroxylation is 1. The molecule has 1 aliphatic rings. The van der Waals surface area contributed by atoms with E-state index >= 15 is 0 Å². The Bertz CT molecular complexity index is 398. The largest absolute Gasteiger partial charge is 0.393 e. The van der Waals surface area contributed by atoms with Crippen LogP contribution in [-0.2, 0) is 0 Å². The lowest BCUT2D eigenvalue weighted by atomic mass is 9.93. The summed E-state index contributed by atoms with van der Waals surface area (Å²) in [5.74, 6) is 1.15. The Labute approximate surface area is 109 Å². The van der Waals surface area contributed by atoms with E-state index in [9.17, 15) is 5.11 Å². The summed E-state index contributed by atoms with van der Waals surface area (Å²) >= 11 is 0. The molecular formula is C14H23N3O. The minimum absolute atomic E-state index is 0.118. The SMILES string of the molecule is Cc1cc(C(C)C)nc(NC2CCC(O)CC2)n1. The van der Waals surface area contributed by atoms with E-state index in [0.717, 1.165) is 43.0 Å². The van der Waals surface area contributed by atoms with E-state index in [-0.39, 0.29) is 6.10 Å². The molecule has 1 aromatic heterocycles. The lowest BCUT2D eigenvalue weighted by Crippen LogP contribution is -2.29. The Morgan fingerprint density at radius 3 is 2.50 bits per heavy atom. The molecule has 0 aromatic carbocycles. The molecule has 0 amide bonds. The van der Waals surface area contributed by atoms with Crippen LogP contribution in [0.4, 0.5) is 5.95 Å². The highest BCUT2D eigenvalue weighted by molar-refractivity contribution is 5.30. The maximum atomic E-state index is 9.50. The normalized spacial score (nSPS) is 24.3. The Balaban J connectivity index is 2.04. The molecule has 0 saturated heterocycles. The third-order valence-corrected chi connectivity index (χ3v) is 3.50. The predicted molar refractivity (Wildman–Crippen MR) is 72.7 cm³/mol. The molecule has 2 rings (SSSR count). The van der Waals surface area contributed by atoms with Crippen molar-refractivity contribution in [2.24, 2.45) is 0 Å². The van der Waals surface area contributed by atoms with Crippen molar-refractivity contribution in [3.8, 4) is 0 Å². The van der Waals surface area contributed by atoms with Crippen LogP contribution in [0.1, 0.15) is 56.8 Å². The maximum Gasteiger partial charge on any atom is 0.223 e. The van der Waals surface area contributed by atoms with Gasteiger partial charge >= 0.3 is 0 Å². The van der Waals surface area contributed by atoms with Crippen LogP contribution in [-0.4, -0.2) is 27.2 Å². The van der Waals surface area contributed by atoms with Crippen molar-refractivity contribution in [2.45, 2.75) is 64.5 Å². The van der Waals surface area contributed by atoms with E-state index in [1.54, 1.807) is 0 Å². The maximum absolute atomic E-state index is 9.50. The molecule has 1 fully saturated rings. The van der Waals surface area contributed by atoms with Gasteiger partial charge in [0, 0.05) is 17.4 Å². The van der Waals surface area contributed by atoms with E-state index in [4.69, 9.17) is 0 Å². The van der Waals surface area contributed by atoms with Gasteiger partial charge in [0.2, 0.25) is 5.95 Å². The minimum Gasteiger partial charge on any atom is -0.393 e. The van der Waals surface area contributed by atoms with Crippen LogP contribution in [0.3, 0.4) is 0 Å². The Morgan fingerprint density at radius 1 is 1.22 bits per heavy atom. The fraction of sp³-hybridized carbons (Fsp3) is 0.714. The van der Waals surface area contributed by atoms with Gasteiger partial charge in [-0.05, 0) is 44.6 Å². The molecule has 0 aliphatic heterocycles. The van der Waals surface area contributed by atoms with E-state index in [0.29, 0.717) is 12.0 Å². The number of hydrogen-bond acceptors (Lipinski definition) is 4. The second kappa shape index (κ2) is 5.65. The van der Waals surface area contributed by atoms with Crippen LogP contribution < -0.4 is 5.32 Å². The van der Waals surface area contributed by atoms with Crippen LogP contribution in [0.15, 0.2) is 6.07 Å². The van der Waals surface area contributed by atoms with E-state index in [1.807, 2.05) is 13.0 Å². The average Bonchev–Trinajstić information content (AvgIpc) is 2.31. The number of aliphatic hydroxyl groups excluding tert-OH is 1. The zero-order valence-corrected chi connectivity index (χ0v) is 11.5. The molecule has 0 spiro atoms. The van der Waals surface area contributed by atoms with E-state index in [1.165, 1.54) is 0 Å². The van der Waals surface area contributed by atoms with Crippen LogP contribution >= 0.6 is 0 Å². The van der Waals surface area contributed by atoms with Crippen LogP contribution in [0, 0.1) is 6.92 Å². The third-order valence-electron chi connectivity index (χ3n) is 3.50. The Kier molecular flexibility index (Phi) is 4.17. The molecule has 1 heterocycles. The highest BCUT2D eigenvalue weighted by Crippen LogP contribution is 2.22. The molecular weight excluding hydrogens is 226 g/mol. The van der Waals surface area contributed by atoms with Crippen LogP contribution in [0.5, 0.6) is 0 Å². The molecule has 4 heteroatoms. The zero-order valence-electron chi connectivity index (χ0n) is 11.5. The number of anilines is 1. The summed E-state index contributed by atoms with van der Waals surface area (Å²) in [6, 6.07) is 2.44. The summed E-state index contributed by atoms with van der Waals surface area (Å²) in [6.07, 6.45) is 3.62. The summed E-state index contributed by atoms with van der Waals surface area (Å²) in [6.45, 7) is 6.29. The fourth-order valence-electron chi connectivity index (χ4n) is 2.36. The molecule has 1 aliphatic carbocycles. The zero-order chi connectivity index (χ0) is 13.1. The monoisotopic (exact) mass is 249 g/mol. The fourth-order valence-corrected chi connectivity index (χ4v) is 2.36. The van der Waals surface area contributed by atoms with Gasteiger partial charge in [-0.25, -0.2) is 9.97 Å². The van der Waals surface area contributed by atoms with Crippen molar-refractivity contribution in [3.05, 3.63) is 17.5 Å². The first-order chi connectivity index (χ1) is 8.54. The average molecular weight is 249 g/mol. The number of aliphatic hydroxyl groups is 1. The van der Waals surface area contributed by atoms with Crippen molar-refractivity contribution in [1.82, 2.24) is 9.97 Å². The highest BCUT2D eigenvalue weighted by atomic mass is 16.3. The van der Waals surface area contributed by atoms with Crippen LogP contribution in [0.25, 0.3) is 0 Å². The molecule has 1 aromatic rings. The lowest BCUT2D eigenvalue weighted by Gasteiger charge is -2.26. The number of nitrogens with zero attached hydrogens (tertiary/aromatic N) is 2. The standard InChI is InChI=1S/C14H23N3O/c1-9(2)13-8-10(3)15-14(17-13)16-11-4-6-12(18)7-5-11/h8-9,11-12,18H,4-7H2,1-3H3,(H,15,16,17). The summed E-state index contributed by atoms with van der Waals surface area (Å²) in [5, 5.41) is 12.9. The van der Waals surface area contributed by atoms with Gasteiger partial charge in [0.25, 0.3) is 0 Å². The number of nitrogens with one attached hydrogen (secondary N) is 1. The van der Waals surface area contributed by atoms with Gasteiger partial charge in [0.15, 0.2) is 0 Å². The Hall–Kier alpha value is -1.16.